The van der Waals surface area contributed by atoms with Gasteiger partial charge in [0.15, 0.2) is 0 Å². The highest BCUT2D eigenvalue weighted by atomic mass is 19.4. The number of likely N-dealkylation sites (tertiary alicyclic amines) is 1. The van der Waals surface area contributed by atoms with E-state index < -0.39 is 17.3 Å². The Hall–Kier alpha value is -2.58. The molecule has 1 aliphatic heterocycles. The summed E-state index contributed by atoms with van der Waals surface area (Å²) in [6.07, 6.45) is 0.364. The topological polar surface area (TPSA) is 71.3 Å². The van der Waals surface area contributed by atoms with Crippen LogP contribution in [0.3, 0.4) is 0 Å². The monoisotopic (exact) mass is 434 g/mol. The number of halogens is 3. The molecule has 1 N–H and O–H groups in total. The summed E-state index contributed by atoms with van der Waals surface area (Å²) in [5.74, 6) is 1.18. The number of benzene rings is 1. The van der Waals surface area contributed by atoms with Gasteiger partial charge in [0, 0.05) is 25.1 Å². The second kappa shape index (κ2) is 6.97. The summed E-state index contributed by atoms with van der Waals surface area (Å²) in [6.45, 7) is 3.85. The van der Waals surface area contributed by atoms with Gasteiger partial charge in [-0.05, 0) is 61.3 Å². The van der Waals surface area contributed by atoms with Crippen molar-refractivity contribution in [3.8, 4) is 0 Å². The summed E-state index contributed by atoms with van der Waals surface area (Å²) in [7, 11) is 0. The highest BCUT2D eigenvalue weighted by Crippen LogP contribution is 2.55. The molecular formula is C22H25F3N4O2. The lowest BCUT2D eigenvalue weighted by molar-refractivity contribution is -0.138. The summed E-state index contributed by atoms with van der Waals surface area (Å²) in [4.78, 5) is 15.0. The minimum absolute atomic E-state index is 0.0523. The number of nitrogens with zero attached hydrogens (tertiary/aromatic N) is 3. The van der Waals surface area contributed by atoms with Crippen LogP contribution < -0.4 is 5.32 Å². The van der Waals surface area contributed by atoms with Gasteiger partial charge in [-0.3, -0.25) is 0 Å². The second-order valence-corrected chi connectivity index (χ2v) is 9.29. The molecule has 0 spiro atoms. The fourth-order valence-corrected chi connectivity index (χ4v) is 5.57. The molecule has 1 saturated heterocycles. The first-order valence-electron chi connectivity index (χ1n) is 10.8. The first-order chi connectivity index (χ1) is 14.7. The number of aromatic nitrogens is 2. The number of fused-ring (bicyclic) bond motifs is 2. The molecule has 9 heteroatoms. The number of anilines is 1. The zero-order valence-corrected chi connectivity index (χ0v) is 17.5. The largest absolute Gasteiger partial charge is 0.423 e. The number of alkyl halides is 3. The number of hydrogen-bond acceptors (Lipinski definition) is 4. The SMILES string of the molecule is Cc1nnc(C23CC(C)CC(C2)N3C(=O)Nc2ccc(C(F)(F)F)c(C3CCC3)c2)o1. The third kappa shape index (κ3) is 3.29. The average molecular weight is 434 g/mol. The number of aryl methyl sites for hydroxylation is 1. The van der Waals surface area contributed by atoms with Gasteiger partial charge in [0.25, 0.3) is 0 Å². The fourth-order valence-electron chi connectivity index (χ4n) is 5.57. The first-order valence-corrected chi connectivity index (χ1v) is 10.8. The molecule has 2 saturated carbocycles. The Morgan fingerprint density at radius 3 is 2.65 bits per heavy atom. The molecule has 1 aromatic heterocycles. The standard InChI is InChI=1S/C22H25F3N4O2/c1-12-8-16-11-21(10-12,19-28-27-13(2)31-19)29(16)20(30)26-15-6-7-18(22(23,24)25)17(9-15)14-4-3-5-14/h6-7,9,12,14,16H,3-5,8,10-11H2,1-2H3,(H,26,30). The molecule has 2 heterocycles. The molecule has 166 valence electrons. The molecule has 2 bridgehead atoms. The average Bonchev–Trinajstić information content (AvgIpc) is 3.05. The van der Waals surface area contributed by atoms with E-state index in [-0.39, 0.29) is 23.6 Å². The summed E-state index contributed by atoms with van der Waals surface area (Å²) in [5, 5.41) is 11.0. The minimum Gasteiger partial charge on any atom is -0.423 e. The van der Waals surface area contributed by atoms with Gasteiger partial charge in [-0.2, -0.15) is 13.2 Å². The molecule has 6 nitrogen and oxygen atoms in total. The maximum atomic E-state index is 13.5. The molecule has 3 atom stereocenters. The highest BCUT2D eigenvalue weighted by molar-refractivity contribution is 5.91. The van der Waals surface area contributed by atoms with Crippen molar-refractivity contribution < 1.29 is 22.4 Å². The maximum absolute atomic E-state index is 13.5. The third-order valence-electron chi connectivity index (χ3n) is 7.06. The van der Waals surface area contributed by atoms with Crippen LogP contribution in [0.2, 0.25) is 0 Å². The van der Waals surface area contributed by atoms with E-state index in [4.69, 9.17) is 4.42 Å². The molecule has 0 radical (unpaired) electrons. The van der Waals surface area contributed by atoms with E-state index in [1.807, 2.05) is 0 Å². The van der Waals surface area contributed by atoms with E-state index in [1.54, 1.807) is 11.8 Å². The lowest BCUT2D eigenvalue weighted by atomic mass is 9.64. The smallest absolute Gasteiger partial charge is 0.416 e. The molecule has 3 unspecified atom stereocenters. The number of hydrogen-bond donors (Lipinski definition) is 1. The number of nitrogens with one attached hydrogen (secondary N) is 1. The van der Waals surface area contributed by atoms with Gasteiger partial charge >= 0.3 is 12.2 Å². The minimum atomic E-state index is -4.40. The zero-order valence-electron chi connectivity index (χ0n) is 17.5. The van der Waals surface area contributed by atoms with E-state index in [2.05, 4.69) is 22.4 Å². The van der Waals surface area contributed by atoms with E-state index in [9.17, 15) is 18.0 Å². The summed E-state index contributed by atoms with van der Waals surface area (Å²) < 4.78 is 46.1. The normalized spacial score (nSPS) is 28.1. The van der Waals surface area contributed by atoms with Crippen LogP contribution in [0.5, 0.6) is 0 Å². The number of piperidine rings is 1. The Labute approximate surface area is 178 Å². The van der Waals surface area contributed by atoms with Crippen molar-refractivity contribution in [2.75, 3.05) is 5.32 Å². The molecule has 2 amide bonds. The van der Waals surface area contributed by atoms with Gasteiger partial charge < -0.3 is 14.6 Å². The Morgan fingerprint density at radius 1 is 1.26 bits per heavy atom. The van der Waals surface area contributed by atoms with Gasteiger partial charge in [-0.1, -0.05) is 13.3 Å². The van der Waals surface area contributed by atoms with Crippen molar-refractivity contribution in [1.29, 1.82) is 0 Å². The molecular weight excluding hydrogens is 409 g/mol. The van der Waals surface area contributed by atoms with Crippen molar-refractivity contribution in [2.24, 2.45) is 5.92 Å². The number of carbonyl (C=O) groups excluding carboxylic acids is 1. The molecule has 5 rings (SSSR count). The Bertz CT molecular complexity index is 1020. The molecule has 2 aliphatic carbocycles. The van der Waals surface area contributed by atoms with Crippen LogP contribution in [0.1, 0.15) is 74.3 Å². The Balaban J connectivity index is 1.42. The lowest BCUT2D eigenvalue weighted by Crippen LogP contribution is -2.70. The maximum Gasteiger partial charge on any atom is 0.416 e. The van der Waals surface area contributed by atoms with E-state index in [0.717, 1.165) is 44.6 Å². The lowest BCUT2D eigenvalue weighted by Gasteiger charge is -2.61. The molecule has 3 fully saturated rings. The van der Waals surface area contributed by atoms with Gasteiger partial charge in [-0.25, -0.2) is 4.79 Å². The van der Waals surface area contributed by atoms with E-state index in [1.165, 1.54) is 12.1 Å². The van der Waals surface area contributed by atoms with Crippen molar-refractivity contribution in [3.05, 3.63) is 41.1 Å². The van der Waals surface area contributed by atoms with Gasteiger partial charge in [0.1, 0.15) is 5.54 Å². The van der Waals surface area contributed by atoms with Crippen LogP contribution in [-0.4, -0.2) is 27.2 Å². The fraction of sp³-hybridized carbons (Fsp3) is 0.591. The summed E-state index contributed by atoms with van der Waals surface area (Å²) in [6, 6.07) is 3.63. The van der Waals surface area contributed by atoms with Crippen molar-refractivity contribution in [1.82, 2.24) is 15.1 Å². The van der Waals surface area contributed by atoms with Crippen LogP contribution in [-0.2, 0) is 11.7 Å². The number of carbonyl (C=O) groups is 1. The van der Waals surface area contributed by atoms with Crippen molar-refractivity contribution in [3.63, 3.8) is 0 Å². The Kier molecular flexibility index (Phi) is 4.57. The second-order valence-electron chi connectivity index (χ2n) is 9.29. The third-order valence-corrected chi connectivity index (χ3v) is 7.06. The molecule has 31 heavy (non-hydrogen) atoms. The van der Waals surface area contributed by atoms with Crippen LogP contribution in [0.25, 0.3) is 0 Å². The van der Waals surface area contributed by atoms with Crippen LogP contribution in [0.4, 0.5) is 23.7 Å². The number of urea groups is 1. The number of rotatable bonds is 3. The van der Waals surface area contributed by atoms with Gasteiger partial charge in [0.2, 0.25) is 11.8 Å². The van der Waals surface area contributed by atoms with Gasteiger partial charge in [-0.15, -0.1) is 10.2 Å². The quantitative estimate of drug-likeness (QED) is 0.683. The Morgan fingerprint density at radius 2 is 2.03 bits per heavy atom. The predicted octanol–water partition coefficient (Wildman–Crippen LogP) is 5.60. The first kappa shape index (κ1) is 20.3. The molecule has 1 aromatic carbocycles. The van der Waals surface area contributed by atoms with Crippen LogP contribution in [0.15, 0.2) is 22.6 Å². The summed E-state index contributed by atoms with van der Waals surface area (Å²) >= 11 is 0. The molecule has 2 aromatic rings. The van der Waals surface area contributed by atoms with Crippen molar-refractivity contribution in [2.45, 2.75) is 76.0 Å². The number of amides is 2. The zero-order chi connectivity index (χ0) is 22.0. The highest BCUT2D eigenvalue weighted by Gasteiger charge is 2.62. The predicted molar refractivity (Wildman–Crippen MR) is 106 cm³/mol. The van der Waals surface area contributed by atoms with Crippen molar-refractivity contribution >= 4 is 11.7 Å². The summed E-state index contributed by atoms with van der Waals surface area (Å²) in [5.41, 5.74) is -0.593. The van der Waals surface area contributed by atoms with E-state index >= 15 is 0 Å². The van der Waals surface area contributed by atoms with E-state index in [0.29, 0.717) is 23.4 Å². The molecule has 3 aliphatic rings. The van der Waals surface area contributed by atoms with Gasteiger partial charge in [0.05, 0.1) is 5.56 Å². The van der Waals surface area contributed by atoms with Crippen LogP contribution in [0, 0.1) is 12.8 Å². The van der Waals surface area contributed by atoms with Crippen LogP contribution >= 0.6 is 0 Å².